The quantitative estimate of drug-likeness (QED) is 0.493. The number of alkyl halides is 1. The molecule has 0 aliphatic carbocycles. The number of methoxy groups -OCH3 is 1. The van der Waals surface area contributed by atoms with Crippen LogP contribution < -0.4 is 5.32 Å². The van der Waals surface area contributed by atoms with Gasteiger partial charge in [-0.3, -0.25) is 4.79 Å². The molecule has 0 aromatic heterocycles. The van der Waals surface area contributed by atoms with E-state index in [2.05, 4.69) is 48.6 Å². The van der Waals surface area contributed by atoms with E-state index in [4.69, 9.17) is 0 Å². The van der Waals surface area contributed by atoms with Crippen molar-refractivity contribution in [3.05, 3.63) is 27.8 Å². The number of esters is 1. The number of carbonyl (C=O) groups is 1. The van der Waals surface area contributed by atoms with Gasteiger partial charge < -0.3 is 10.1 Å². The maximum atomic E-state index is 11.1. The summed E-state index contributed by atoms with van der Waals surface area (Å²) in [5, 5.41) is 3.14. The van der Waals surface area contributed by atoms with Crippen LogP contribution in [-0.4, -0.2) is 24.5 Å². The first-order valence-electron chi connectivity index (χ1n) is 4.35. The summed E-state index contributed by atoms with van der Waals surface area (Å²) in [7, 11) is 1.38. The van der Waals surface area contributed by atoms with Crippen LogP contribution in [0.4, 0.5) is 5.69 Å². The van der Waals surface area contributed by atoms with Crippen molar-refractivity contribution in [3.8, 4) is 0 Å². The Morgan fingerprint density at radius 3 is 2.67 bits per heavy atom. The number of carbonyl (C=O) groups excluding carboxylic acids is 1. The Bertz CT molecular complexity index is 329. The van der Waals surface area contributed by atoms with Crippen molar-refractivity contribution in [1.82, 2.24) is 0 Å². The molecular weight excluding hydrogens is 373 g/mol. The van der Waals surface area contributed by atoms with Gasteiger partial charge in [-0.05, 0) is 46.9 Å². The first-order chi connectivity index (χ1) is 7.13. The molecule has 0 heterocycles. The van der Waals surface area contributed by atoms with Gasteiger partial charge in [0.05, 0.1) is 7.11 Å². The van der Waals surface area contributed by atoms with Crippen LogP contribution in [0.5, 0.6) is 0 Å². The van der Waals surface area contributed by atoms with Crippen molar-refractivity contribution >= 4 is 50.2 Å². The number of rotatable bonds is 4. The summed E-state index contributed by atoms with van der Waals surface area (Å²) >= 11 is 5.48. The Balaban J connectivity index is 2.43. The van der Waals surface area contributed by atoms with Crippen molar-refractivity contribution in [2.45, 2.75) is 4.83 Å². The smallest absolute Gasteiger partial charge is 0.321 e. The lowest BCUT2D eigenvalue weighted by Gasteiger charge is -2.10. The molecule has 0 amide bonds. The van der Waals surface area contributed by atoms with Crippen molar-refractivity contribution in [2.24, 2.45) is 0 Å². The van der Waals surface area contributed by atoms with Crippen LogP contribution in [0, 0.1) is 3.57 Å². The molecule has 5 heteroatoms. The Kier molecular flexibility index (Phi) is 5.38. The van der Waals surface area contributed by atoms with Crippen molar-refractivity contribution in [1.29, 1.82) is 0 Å². The van der Waals surface area contributed by atoms with E-state index in [0.29, 0.717) is 6.54 Å². The lowest BCUT2D eigenvalue weighted by molar-refractivity contribution is -0.139. The van der Waals surface area contributed by atoms with Crippen LogP contribution in [0.2, 0.25) is 0 Å². The molecule has 0 spiro atoms. The highest BCUT2D eigenvalue weighted by Crippen LogP contribution is 2.12. The minimum absolute atomic E-state index is 0.270. The number of hydrogen-bond acceptors (Lipinski definition) is 3. The summed E-state index contributed by atoms with van der Waals surface area (Å²) in [4.78, 5) is 10.8. The van der Waals surface area contributed by atoms with Gasteiger partial charge in [-0.1, -0.05) is 15.9 Å². The SMILES string of the molecule is COC(=O)C(Br)CNc1ccc(I)cc1. The first kappa shape index (κ1) is 12.8. The van der Waals surface area contributed by atoms with Crippen LogP contribution in [0.3, 0.4) is 0 Å². The lowest BCUT2D eigenvalue weighted by Crippen LogP contribution is -2.24. The van der Waals surface area contributed by atoms with Crippen LogP contribution in [-0.2, 0) is 9.53 Å². The highest BCUT2D eigenvalue weighted by molar-refractivity contribution is 14.1. The Morgan fingerprint density at radius 2 is 2.13 bits per heavy atom. The second-order valence-electron chi connectivity index (χ2n) is 2.88. The summed E-state index contributed by atoms with van der Waals surface area (Å²) in [6.45, 7) is 0.507. The fourth-order valence-corrected chi connectivity index (χ4v) is 1.69. The van der Waals surface area contributed by atoms with Gasteiger partial charge in [0, 0.05) is 15.8 Å². The van der Waals surface area contributed by atoms with E-state index in [1.807, 2.05) is 24.3 Å². The average Bonchev–Trinajstić information content (AvgIpc) is 2.26. The minimum Gasteiger partial charge on any atom is -0.468 e. The van der Waals surface area contributed by atoms with Gasteiger partial charge in [0.25, 0.3) is 0 Å². The normalized spacial score (nSPS) is 11.9. The molecule has 0 bridgehead atoms. The van der Waals surface area contributed by atoms with E-state index < -0.39 is 0 Å². The molecule has 1 atom stereocenters. The van der Waals surface area contributed by atoms with E-state index in [1.165, 1.54) is 10.7 Å². The standard InChI is InChI=1S/C10H11BrINO2/c1-15-10(14)9(11)6-13-8-4-2-7(12)3-5-8/h2-5,9,13H,6H2,1H3. The molecule has 0 radical (unpaired) electrons. The monoisotopic (exact) mass is 383 g/mol. The molecule has 82 valence electrons. The van der Waals surface area contributed by atoms with Crippen LogP contribution in [0.15, 0.2) is 24.3 Å². The van der Waals surface area contributed by atoms with Crippen LogP contribution in [0.1, 0.15) is 0 Å². The van der Waals surface area contributed by atoms with Crippen molar-refractivity contribution in [3.63, 3.8) is 0 Å². The van der Waals surface area contributed by atoms with Gasteiger partial charge in [0.1, 0.15) is 4.83 Å². The highest BCUT2D eigenvalue weighted by Gasteiger charge is 2.14. The molecule has 0 fully saturated rings. The summed E-state index contributed by atoms with van der Waals surface area (Å²) in [5.74, 6) is -0.270. The van der Waals surface area contributed by atoms with Crippen molar-refractivity contribution < 1.29 is 9.53 Å². The number of ether oxygens (including phenoxy) is 1. The van der Waals surface area contributed by atoms with E-state index >= 15 is 0 Å². The zero-order valence-electron chi connectivity index (χ0n) is 8.17. The minimum atomic E-state index is -0.318. The number of halogens is 2. The summed E-state index contributed by atoms with van der Waals surface area (Å²) in [6.07, 6.45) is 0. The zero-order valence-corrected chi connectivity index (χ0v) is 11.9. The second-order valence-corrected chi connectivity index (χ2v) is 5.23. The predicted octanol–water partition coefficient (Wildman–Crippen LogP) is 2.64. The molecule has 1 N–H and O–H groups in total. The van der Waals surface area contributed by atoms with E-state index in [1.54, 1.807) is 0 Å². The molecule has 1 aromatic rings. The topological polar surface area (TPSA) is 38.3 Å². The molecule has 15 heavy (non-hydrogen) atoms. The second kappa shape index (κ2) is 6.32. The third kappa shape index (κ3) is 4.38. The molecule has 0 aliphatic rings. The van der Waals surface area contributed by atoms with E-state index in [0.717, 1.165) is 5.69 Å². The van der Waals surface area contributed by atoms with Crippen molar-refractivity contribution in [2.75, 3.05) is 19.0 Å². The fraction of sp³-hybridized carbons (Fsp3) is 0.300. The maximum Gasteiger partial charge on any atom is 0.321 e. The molecule has 1 rings (SSSR count). The summed E-state index contributed by atoms with van der Waals surface area (Å²) in [6, 6.07) is 7.95. The molecule has 3 nitrogen and oxygen atoms in total. The van der Waals surface area contributed by atoms with E-state index in [-0.39, 0.29) is 10.8 Å². The number of hydrogen-bond donors (Lipinski definition) is 1. The Hall–Kier alpha value is -0.300. The molecular formula is C10H11BrINO2. The van der Waals surface area contributed by atoms with Crippen LogP contribution >= 0.6 is 38.5 Å². The largest absolute Gasteiger partial charge is 0.468 e. The number of anilines is 1. The third-order valence-electron chi connectivity index (χ3n) is 1.79. The zero-order chi connectivity index (χ0) is 11.3. The first-order valence-corrected chi connectivity index (χ1v) is 6.34. The summed E-state index contributed by atoms with van der Waals surface area (Å²) < 4.78 is 5.77. The van der Waals surface area contributed by atoms with Gasteiger partial charge in [0.2, 0.25) is 0 Å². The molecule has 0 saturated carbocycles. The number of benzene rings is 1. The van der Waals surface area contributed by atoms with E-state index in [9.17, 15) is 4.79 Å². The lowest BCUT2D eigenvalue weighted by atomic mass is 10.3. The molecule has 1 aromatic carbocycles. The van der Waals surface area contributed by atoms with Crippen LogP contribution in [0.25, 0.3) is 0 Å². The Labute approximate surface area is 111 Å². The van der Waals surface area contributed by atoms with Gasteiger partial charge in [0.15, 0.2) is 0 Å². The third-order valence-corrected chi connectivity index (χ3v) is 3.20. The maximum absolute atomic E-state index is 11.1. The molecule has 1 unspecified atom stereocenters. The average molecular weight is 384 g/mol. The molecule has 0 saturated heterocycles. The fourth-order valence-electron chi connectivity index (χ4n) is 0.986. The van der Waals surface area contributed by atoms with Gasteiger partial charge in [-0.2, -0.15) is 0 Å². The highest BCUT2D eigenvalue weighted by atomic mass is 127. The van der Waals surface area contributed by atoms with Gasteiger partial charge in [-0.15, -0.1) is 0 Å². The summed E-state index contributed by atoms with van der Waals surface area (Å²) in [5.41, 5.74) is 0.990. The van der Waals surface area contributed by atoms with Gasteiger partial charge >= 0.3 is 5.97 Å². The molecule has 0 aliphatic heterocycles. The van der Waals surface area contributed by atoms with Gasteiger partial charge in [-0.25, -0.2) is 0 Å². The predicted molar refractivity (Wildman–Crippen MR) is 72.4 cm³/mol. The Morgan fingerprint density at radius 1 is 1.53 bits per heavy atom. The number of nitrogens with one attached hydrogen (secondary N) is 1.